The molecule has 0 spiro atoms. The van der Waals surface area contributed by atoms with E-state index in [9.17, 15) is 9.59 Å². The van der Waals surface area contributed by atoms with Gasteiger partial charge in [-0.05, 0) is 18.4 Å². The van der Waals surface area contributed by atoms with Gasteiger partial charge in [0.05, 0.1) is 0 Å². The van der Waals surface area contributed by atoms with Gasteiger partial charge in [-0.2, -0.15) is 0 Å². The zero-order chi connectivity index (χ0) is 11.9. The Kier molecular flexibility index (Phi) is 2.16. The largest absolute Gasteiger partial charge is 0.480 e. The molecule has 3 atom stereocenters. The van der Waals surface area contributed by atoms with Crippen molar-refractivity contribution in [3.05, 3.63) is 10.4 Å². The minimum Gasteiger partial charge on any atom is -0.480 e. The van der Waals surface area contributed by atoms with Crippen molar-refractivity contribution < 1.29 is 19.8 Å². The number of piperidine rings is 1. The molecule has 1 aliphatic heterocycles. The maximum absolute atomic E-state index is 10.9. The van der Waals surface area contributed by atoms with Gasteiger partial charge in [-0.15, -0.1) is 0 Å². The number of carboxylic acids is 1. The third kappa shape index (κ3) is 1.35. The molecule has 1 saturated heterocycles. The highest BCUT2D eigenvalue weighted by Crippen LogP contribution is 2.59. The lowest BCUT2D eigenvalue weighted by molar-refractivity contribution is -0.142. The summed E-state index contributed by atoms with van der Waals surface area (Å²) in [5.74, 6) is -1.14. The van der Waals surface area contributed by atoms with E-state index < -0.39 is 23.5 Å². The third-order valence-electron chi connectivity index (χ3n) is 3.37. The van der Waals surface area contributed by atoms with E-state index in [-0.39, 0.29) is 19.0 Å². The number of likely N-dealkylation sites (tertiary alicyclic amines) is 1. The molecular weight excluding hydrogens is 216 g/mol. The summed E-state index contributed by atoms with van der Waals surface area (Å²) in [5.41, 5.74) is 7.78. The highest BCUT2D eigenvalue weighted by Gasteiger charge is 2.67. The molecule has 0 unspecified atom stereocenters. The topological polar surface area (TPSA) is 127 Å². The van der Waals surface area contributed by atoms with Crippen molar-refractivity contribution in [3.8, 4) is 0 Å². The van der Waals surface area contributed by atoms with Gasteiger partial charge in [0.15, 0.2) is 0 Å². The summed E-state index contributed by atoms with van der Waals surface area (Å²) in [5, 5.41) is 21.3. The summed E-state index contributed by atoms with van der Waals surface area (Å²) in [7, 11) is 0. The normalized spacial score (nSPS) is 35.1. The van der Waals surface area contributed by atoms with Crippen LogP contribution in [-0.4, -0.2) is 45.8 Å². The maximum atomic E-state index is 10.9. The van der Waals surface area contributed by atoms with Gasteiger partial charge in [-0.3, -0.25) is 4.90 Å². The molecule has 1 amide bonds. The van der Waals surface area contributed by atoms with E-state index in [1.807, 2.05) is 0 Å². The minimum absolute atomic E-state index is 0.168. The molecule has 1 heterocycles. The molecule has 0 aromatic heterocycles. The maximum Gasteiger partial charge on any atom is 0.408 e. The molecular formula is C8H10N4O4. The van der Waals surface area contributed by atoms with E-state index >= 15 is 0 Å². The Morgan fingerprint density at radius 2 is 2.19 bits per heavy atom. The van der Waals surface area contributed by atoms with Crippen LogP contribution in [0.25, 0.3) is 10.4 Å². The first-order chi connectivity index (χ1) is 7.52. The average Bonchev–Trinajstić information content (AvgIpc) is 2.80. The molecule has 0 aromatic rings. The molecule has 2 fully saturated rings. The first-order valence-electron chi connectivity index (χ1n) is 4.77. The first kappa shape index (κ1) is 10.6. The smallest absolute Gasteiger partial charge is 0.408 e. The molecule has 1 aliphatic carbocycles. The lowest BCUT2D eigenvalue weighted by Crippen LogP contribution is -2.42. The summed E-state index contributed by atoms with van der Waals surface area (Å²) < 4.78 is 0. The van der Waals surface area contributed by atoms with Crippen molar-refractivity contribution >= 4 is 12.1 Å². The SMILES string of the molecule is [N-]=[N+]=NC[C@@]12C[C@@H]1N(C(=O)O)[C@H](C(=O)O)C2. The molecule has 0 bridgehead atoms. The van der Waals surface area contributed by atoms with Crippen LogP contribution in [-0.2, 0) is 4.79 Å². The van der Waals surface area contributed by atoms with E-state index in [1.165, 1.54) is 0 Å². The van der Waals surface area contributed by atoms with Crippen molar-refractivity contribution in [2.45, 2.75) is 24.9 Å². The number of hydrogen-bond donors (Lipinski definition) is 2. The zero-order valence-electron chi connectivity index (χ0n) is 8.28. The van der Waals surface area contributed by atoms with Crippen LogP contribution in [0, 0.1) is 5.41 Å². The van der Waals surface area contributed by atoms with Crippen LogP contribution in [0.2, 0.25) is 0 Å². The summed E-state index contributed by atoms with van der Waals surface area (Å²) in [6.07, 6.45) is -0.404. The van der Waals surface area contributed by atoms with Gasteiger partial charge in [-0.1, -0.05) is 5.11 Å². The molecule has 0 radical (unpaired) electrons. The fraction of sp³-hybridized carbons (Fsp3) is 0.750. The highest BCUT2D eigenvalue weighted by molar-refractivity contribution is 5.81. The molecule has 2 N–H and O–H groups in total. The number of amides is 1. The van der Waals surface area contributed by atoms with Crippen molar-refractivity contribution in [1.29, 1.82) is 0 Å². The van der Waals surface area contributed by atoms with E-state index in [0.29, 0.717) is 6.42 Å². The van der Waals surface area contributed by atoms with Gasteiger partial charge < -0.3 is 10.2 Å². The molecule has 8 heteroatoms. The molecule has 8 nitrogen and oxygen atoms in total. The molecule has 2 aliphatic rings. The molecule has 16 heavy (non-hydrogen) atoms. The predicted molar refractivity (Wildman–Crippen MR) is 50.8 cm³/mol. The average molecular weight is 226 g/mol. The van der Waals surface area contributed by atoms with Crippen molar-refractivity contribution in [1.82, 2.24) is 4.90 Å². The van der Waals surface area contributed by atoms with Crippen LogP contribution in [0.4, 0.5) is 4.79 Å². The number of nitrogens with zero attached hydrogens (tertiary/aromatic N) is 4. The summed E-state index contributed by atoms with van der Waals surface area (Å²) in [6, 6.07) is -1.32. The van der Waals surface area contributed by atoms with Gasteiger partial charge in [-0.25, -0.2) is 9.59 Å². The van der Waals surface area contributed by atoms with Crippen molar-refractivity contribution in [2.24, 2.45) is 10.5 Å². The second kappa shape index (κ2) is 3.28. The van der Waals surface area contributed by atoms with E-state index in [1.54, 1.807) is 0 Å². The van der Waals surface area contributed by atoms with Crippen molar-refractivity contribution in [2.75, 3.05) is 6.54 Å². The summed E-state index contributed by atoms with van der Waals surface area (Å²) >= 11 is 0. The predicted octanol–water partition coefficient (Wildman–Crippen LogP) is 0.892. The van der Waals surface area contributed by atoms with E-state index in [4.69, 9.17) is 15.7 Å². The lowest BCUT2D eigenvalue weighted by atomic mass is 10.00. The van der Waals surface area contributed by atoms with E-state index in [0.717, 1.165) is 4.90 Å². The fourth-order valence-corrected chi connectivity index (χ4v) is 2.52. The molecule has 1 saturated carbocycles. The zero-order valence-corrected chi connectivity index (χ0v) is 8.28. The van der Waals surface area contributed by atoms with Gasteiger partial charge in [0.2, 0.25) is 0 Å². The van der Waals surface area contributed by atoms with Crippen LogP contribution < -0.4 is 0 Å². The minimum atomic E-state index is -1.22. The fourth-order valence-electron chi connectivity index (χ4n) is 2.52. The number of azide groups is 1. The van der Waals surface area contributed by atoms with Gasteiger partial charge >= 0.3 is 12.1 Å². The monoisotopic (exact) mass is 226 g/mol. The Balaban J connectivity index is 2.19. The van der Waals surface area contributed by atoms with Crippen LogP contribution in [0.15, 0.2) is 5.11 Å². The number of aliphatic carboxylic acids is 1. The van der Waals surface area contributed by atoms with E-state index in [2.05, 4.69) is 10.0 Å². The molecule has 0 aromatic carbocycles. The Morgan fingerprint density at radius 1 is 1.50 bits per heavy atom. The Bertz CT molecular complexity index is 405. The Morgan fingerprint density at radius 3 is 2.62 bits per heavy atom. The quantitative estimate of drug-likeness (QED) is 0.420. The number of rotatable bonds is 3. The molecule has 2 rings (SSSR count). The Hall–Kier alpha value is -1.95. The highest BCUT2D eigenvalue weighted by atomic mass is 16.4. The van der Waals surface area contributed by atoms with Crippen LogP contribution in [0.5, 0.6) is 0 Å². The summed E-state index contributed by atoms with van der Waals surface area (Å²) in [6.45, 7) is 0.168. The lowest BCUT2D eigenvalue weighted by Gasteiger charge is -2.20. The standard InChI is InChI=1S/C8H10N4O4/c9-11-10-3-8-1-4(6(13)14)12(7(15)16)5(8)2-8/h4-5H,1-3H2,(H,13,14)(H,15,16)/t4-,5-,8+/m0/s1. The van der Waals surface area contributed by atoms with Crippen molar-refractivity contribution in [3.63, 3.8) is 0 Å². The number of carboxylic acid groups (broad SMARTS) is 2. The van der Waals surface area contributed by atoms with Gasteiger partial charge in [0.25, 0.3) is 0 Å². The number of carbonyl (C=O) groups is 2. The molecule has 86 valence electrons. The first-order valence-corrected chi connectivity index (χ1v) is 4.77. The number of hydrogen-bond acceptors (Lipinski definition) is 3. The second-order valence-electron chi connectivity index (χ2n) is 4.22. The summed E-state index contributed by atoms with van der Waals surface area (Å²) in [4.78, 5) is 25.4. The Labute approximate surface area is 90.1 Å². The van der Waals surface area contributed by atoms with Crippen LogP contribution in [0.3, 0.4) is 0 Å². The number of fused-ring (bicyclic) bond motifs is 1. The van der Waals surface area contributed by atoms with Crippen LogP contribution in [0.1, 0.15) is 12.8 Å². The second-order valence-corrected chi connectivity index (χ2v) is 4.22. The third-order valence-corrected chi connectivity index (χ3v) is 3.37. The van der Waals surface area contributed by atoms with Gasteiger partial charge in [0, 0.05) is 22.9 Å². The van der Waals surface area contributed by atoms with Gasteiger partial charge in [0.1, 0.15) is 6.04 Å². The van der Waals surface area contributed by atoms with Crippen LogP contribution >= 0.6 is 0 Å².